The minimum Gasteiger partial charge on any atom is -0.360 e. The lowest BCUT2D eigenvalue weighted by molar-refractivity contribution is -0.131. The highest BCUT2D eigenvalue weighted by Gasteiger charge is 2.34. The lowest BCUT2D eigenvalue weighted by atomic mass is 10.2. The quantitative estimate of drug-likeness (QED) is 0.734. The number of sulfonamides is 1. The molecule has 1 fully saturated rings. The summed E-state index contributed by atoms with van der Waals surface area (Å²) in [5.74, 6) is -2.83. The largest absolute Gasteiger partial charge is 0.360 e. The Kier molecular flexibility index (Phi) is 6.17. The van der Waals surface area contributed by atoms with Crippen LogP contribution in [0.2, 0.25) is 0 Å². The van der Waals surface area contributed by atoms with Gasteiger partial charge in [-0.3, -0.25) is 9.59 Å². The van der Waals surface area contributed by atoms with Crippen molar-refractivity contribution in [2.75, 3.05) is 32.7 Å². The number of nitrogens with one attached hydrogen (secondary N) is 1. The molecule has 0 radical (unpaired) electrons. The lowest BCUT2D eigenvalue weighted by Crippen LogP contribution is -2.52. The van der Waals surface area contributed by atoms with E-state index >= 15 is 0 Å². The van der Waals surface area contributed by atoms with Crippen molar-refractivity contribution >= 4 is 21.8 Å². The highest BCUT2D eigenvalue weighted by atomic mass is 32.2. The van der Waals surface area contributed by atoms with Crippen LogP contribution in [-0.4, -0.2) is 67.3 Å². The first-order valence-electron chi connectivity index (χ1n) is 9.04. The topological polar surface area (TPSA) is 113 Å². The lowest BCUT2D eigenvalue weighted by Gasteiger charge is -2.34. The molecule has 1 aliphatic heterocycles. The van der Waals surface area contributed by atoms with Gasteiger partial charge in [-0.2, -0.15) is 4.31 Å². The van der Waals surface area contributed by atoms with Gasteiger partial charge in [0.15, 0.2) is 5.76 Å². The van der Waals surface area contributed by atoms with E-state index in [1.165, 1.54) is 23.1 Å². The van der Waals surface area contributed by atoms with Crippen LogP contribution < -0.4 is 5.32 Å². The zero-order valence-electron chi connectivity index (χ0n) is 16.3. The van der Waals surface area contributed by atoms with Crippen LogP contribution in [-0.2, 0) is 14.8 Å². The van der Waals surface area contributed by atoms with Crippen molar-refractivity contribution < 1.29 is 31.3 Å². The van der Waals surface area contributed by atoms with Gasteiger partial charge in [-0.1, -0.05) is 5.16 Å². The van der Waals surface area contributed by atoms with Gasteiger partial charge in [-0.25, -0.2) is 17.2 Å². The van der Waals surface area contributed by atoms with Crippen LogP contribution in [0.3, 0.4) is 0 Å². The highest BCUT2D eigenvalue weighted by Crippen LogP contribution is 2.24. The fourth-order valence-corrected chi connectivity index (χ4v) is 4.92. The molecule has 12 heteroatoms. The smallest absolute Gasteiger partial charge is 0.251 e. The number of rotatable bonds is 5. The van der Waals surface area contributed by atoms with Crippen LogP contribution in [0.5, 0.6) is 0 Å². The van der Waals surface area contributed by atoms with E-state index in [1.807, 2.05) is 0 Å². The van der Waals surface area contributed by atoms with E-state index in [2.05, 4.69) is 10.5 Å². The van der Waals surface area contributed by atoms with E-state index < -0.39 is 33.5 Å². The summed E-state index contributed by atoms with van der Waals surface area (Å²) in [5, 5.41) is 5.98. The van der Waals surface area contributed by atoms with Gasteiger partial charge in [0.1, 0.15) is 22.2 Å². The Labute approximate surface area is 171 Å². The molecule has 1 aromatic heterocycles. The van der Waals surface area contributed by atoms with Gasteiger partial charge in [-0.05, 0) is 26.0 Å². The summed E-state index contributed by atoms with van der Waals surface area (Å²) in [6, 6.07) is 2.36. The molecule has 30 heavy (non-hydrogen) atoms. The second kappa shape index (κ2) is 8.48. The molecule has 1 aromatic carbocycles. The Morgan fingerprint density at radius 3 is 2.23 bits per heavy atom. The zero-order chi connectivity index (χ0) is 22.1. The second-order valence-electron chi connectivity index (χ2n) is 6.78. The van der Waals surface area contributed by atoms with Crippen LogP contribution in [0.25, 0.3) is 0 Å². The number of piperazine rings is 1. The molecule has 9 nitrogen and oxygen atoms in total. The van der Waals surface area contributed by atoms with Crippen LogP contribution in [0, 0.1) is 25.5 Å². The van der Waals surface area contributed by atoms with Gasteiger partial charge in [0.2, 0.25) is 15.9 Å². The average molecular weight is 442 g/mol. The Morgan fingerprint density at radius 2 is 1.70 bits per heavy atom. The Bertz CT molecular complexity index is 1040. The summed E-state index contributed by atoms with van der Waals surface area (Å²) >= 11 is 0. The van der Waals surface area contributed by atoms with Gasteiger partial charge in [-0.15, -0.1) is 0 Å². The number of amides is 2. The van der Waals surface area contributed by atoms with Gasteiger partial charge in [0.25, 0.3) is 5.91 Å². The molecule has 162 valence electrons. The Morgan fingerprint density at radius 1 is 1.10 bits per heavy atom. The summed E-state index contributed by atoms with van der Waals surface area (Å²) in [5.41, 5.74) is 0.0261. The monoisotopic (exact) mass is 442 g/mol. The number of halogens is 2. The summed E-state index contributed by atoms with van der Waals surface area (Å²) < 4.78 is 58.2. The number of hydrogen-bond donors (Lipinski definition) is 1. The second-order valence-corrected chi connectivity index (χ2v) is 8.65. The standard InChI is InChI=1S/C18H20F2N4O5S/c1-11-17(12(2)29-22-11)30(27,28)24-5-3-23(4-6-24)16(25)10-21-18(26)13-7-14(19)9-15(20)8-13/h7-9H,3-6,10H2,1-2H3,(H,21,26). The number of carbonyl (C=O) groups excluding carboxylic acids is 2. The Balaban J connectivity index is 1.56. The van der Waals surface area contributed by atoms with Crippen LogP contribution in [0.15, 0.2) is 27.6 Å². The normalized spacial score (nSPS) is 15.3. The Hall–Kier alpha value is -2.86. The third kappa shape index (κ3) is 4.49. The molecule has 1 N–H and O–H groups in total. The van der Waals surface area contributed by atoms with E-state index in [0.29, 0.717) is 6.07 Å². The molecule has 0 bridgehead atoms. The van der Waals surface area contributed by atoms with Crippen molar-refractivity contribution in [1.29, 1.82) is 0 Å². The molecular formula is C18H20F2N4O5S. The average Bonchev–Trinajstić information content (AvgIpc) is 3.04. The number of nitrogens with zero attached hydrogens (tertiary/aromatic N) is 3. The number of hydrogen-bond acceptors (Lipinski definition) is 6. The summed E-state index contributed by atoms with van der Waals surface area (Å²) in [7, 11) is -3.80. The molecule has 2 amide bonds. The first-order valence-corrected chi connectivity index (χ1v) is 10.5. The maximum atomic E-state index is 13.2. The molecule has 1 saturated heterocycles. The van der Waals surface area contributed by atoms with Crippen molar-refractivity contribution in [2.24, 2.45) is 0 Å². The third-order valence-corrected chi connectivity index (χ3v) is 6.83. The zero-order valence-corrected chi connectivity index (χ0v) is 17.1. The number of aromatic nitrogens is 1. The maximum absolute atomic E-state index is 13.2. The predicted molar refractivity (Wildman–Crippen MR) is 100 cm³/mol. The molecule has 0 atom stereocenters. The fraction of sp³-hybridized carbons (Fsp3) is 0.389. The molecule has 3 rings (SSSR count). The van der Waals surface area contributed by atoms with Crippen molar-refractivity contribution in [3.8, 4) is 0 Å². The van der Waals surface area contributed by atoms with Gasteiger partial charge < -0.3 is 14.7 Å². The molecule has 2 heterocycles. The van der Waals surface area contributed by atoms with Crippen molar-refractivity contribution in [3.63, 3.8) is 0 Å². The van der Waals surface area contributed by atoms with Gasteiger partial charge >= 0.3 is 0 Å². The van der Waals surface area contributed by atoms with Crippen LogP contribution in [0.4, 0.5) is 8.78 Å². The van der Waals surface area contributed by atoms with Crippen molar-refractivity contribution in [1.82, 2.24) is 19.7 Å². The molecular weight excluding hydrogens is 422 g/mol. The van der Waals surface area contributed by atoms with E-state index in [0.717, 1.165) is 12.1 Å². The molecule has 0 unspecified atom stereocenters. The van der Waals surface area contributed by atoms with Crippen molar-refractivity contribution in [3.05, 3.63) is 46.9 Å². The number of aryl methyl sites for hydroxylation is 2. The van der Waals surface area contributed by atoms with E-state index in [-0.39, 0.29) is 54.6 Å². The summed E-state index contributed by atoms with van der Waals surface area (Å²) in [4.78, 5) is 25.8. The first-order chi connectivity index (χ1) is 14.1. The van der Waals surface area contributed by atoms with E-state index in [4.69, 9.17) is 4.52 Å². The first kappa shape index (κ1) is 21.8. The number of benzene rings is 1. The minimum absolute atomic E-state index is 0.0249. The van der Waals surface area contributed by atoms with Crippen LogP contribution in [0.1, 0.15) is 21.8 Å². The minimum atomic E-state index is -3.80. The van der Waals surface area contributed by atoms with Gasteiger partial charge in [0, 0.05) is 37.8 Å². The molecule has 1 aliphatic rings. The molecule has 2 aromatic rings. The maximum Gasteiger partial charge on any atom is 0.251 e. The molecule has 0 spiro atoms. The SMILES string of the molecule is Cc1noc(C)c1S(=O)(=O)N1CCN(C(=O)CNC(=O)c2cc(F)cc(F)c2)CC1. The summed E-state index contributed by atoms with van der Waals surface area (Å²) in [6.07, 6.45) is 0. The van der Waals surface area contributed by atoms with E-state index in [9.17, 15) is 26.8 Å². The highest BCUT2D eigenvalue weighted by molar-refractivity contribution is 7.89. The van der Waals surface area contributed by atoms with E-state index in [1.54, 1.807) is 0 Å². The fourth-order valence-electron chi connectivity index (χ4n) is 3.20. The third-order valence-electron chi connectivity index (χ3n) is 4.68. The van der Waals surface area contributed by atoms with Crippen LogP contribution >= 0.6 is 0 Å². The number of carbonyl (C=O) groups is 2. The predicted octanol–water partition coefficient (Wildman–Crippen LogP) is 0.833. The molecule has 0 aliphatic carbocycles. The molecule has 0 saturated carbocycles. The van der Waals surface area contributed by atoms with Gasteiger partial charge in [0.05, 0.1) is 6.54 Å². The van der Waals surface area contributed by atoms with Crippen molar-refractivity contribution in [2.45, 2.75) is 18.7 Å². The summed E-state index contributed by atoms with van der Waals surface area (Å²) in [6.45, 7) is 3.07.